The molecule has 4 nitrogen and oxygen atoms in total. The van der Waals surface area contributed by atoms with Gasteiger partial charge < -0.3 is 10.4 Å². The van der Waals surface area contributed by atoms with Crippen LogP contribution in [0.3, 0.4) is 0 Å². The van der Waals surface area contributed by atoms with Gasteiger partial charge in [-0.25, -0.2) is 0 Å². The summed E-state index contributed by atoms with van der Waals surface area (Å²) in [6, 6.07) is 11.1. The molecule has 0 amide bonds. The van der Waals surface area contributed by atoms with E-state index in [1.165, 1.54) is 24.8 Å². The van der Waals surface area contributed by atoms with E-state index < -0.39 is 5.97 Å². The van der Waals surface area contributed by atoms with Gasteiger partial charge in [0.15, 0.2) is 0 Å². The molecule has 1 atom stereocenters. The number of likely N-dealkylation sites (tertiary alicyclic amines) is 1. The maximum Gasteiger partial charge on any atom is 0.304 e. The zero-order valence-corrected chi connectivity index (χ0v) is 11.9. The molecule has 1 saturated heterocycles. The predicted molar refractivity (Wildman–Crippen MR) is 79.6 cm³/mol. The molecule has 1 aliphatic heterocycles. The van der Waals surface area contributed by atoms with Gasteiger partial charge in [-0.05, 0) is 24.9 Å². The zero-order chi connectivity index (χ0) is 14.2. The molecule has 1 fully saturated rings. The highest BCUT2D eigenvalue weighted by atomic mass is 16.4. The Morgan fingerprint density at radius 2 is 2.10 bits per heavy atom. The minimum absolute atomic E-state index is 0.200. The Morgan fingerprint density at radius 3 is 2.85 bits per heavy atom. The van der Waals surface area contributed by atoms with Crippen molar-refractivity contribution >= 4 is 5.97 Å². The van der Waals surface area contributed by atoms with Crippen LogP contribution in [0, 0.1) is 0 Å². The van der Waals surface area contributed by atoms with Crippen LogP contribution in [0.15, 0.2) is 30.3 Å². The second-order valence-electron chi connectivity index (χ2n) is 5.45. The van der Waals surface area contributed by atoms with Crippen molar-refractivity contribution in [3.05, 3.63) is 35.9 Å². The van der Waals surface area contributed by atoms with Crippen LogP contribution in [-0.2, 0) is 11.3 Å². The van der Waals surface area contributed by atoms with Gasteiger partial charge in [-0.2, -0.15) is 0 Å². The molecule has 4 heteroatoms. The highest BCUT2D eigenvalue weighted by molar-refractivity contribution is 5.66. The number of benzene rings is 1. The van der Waals surface area contributed by atoms with E-state index in [1.54, 1.807) is 0 Å². The molecule has 20 heavy (non-hydrogen) atoms. The highest BCUT2D eigenvalue weighted by Crippen LogP contribution is 2.19. The Kier molecular flexibility index (Phi) is 6.02. The summed E-state index contributed by atoms with van der Waals surface area (Å²) in [7, 11) is 0. The summed E-state index contributed by atoms with van der Waals surface area (Å²) >= 11 is 0. The van der Waals surface area contributed by atoms with E-state index in [1.807, 2.05) is 6.07 Å². The molecule has 0 spiro atoms. The van der Waals surface area contributed by atoms with Gasteiger partial charge in [0.1, 0.15) is 0 Å². The molecule has 0 aliphatic carbocycles. The average Bonchev–Trinajstić information content (AvgIpc) is 2.46. The van der Waals surface area contributed by atoms with Gasteiger partial charge in [-0.15, -0.1) is 0 Å². The molecule has 1 heterocycles. The smallest absolute Gasteiger partial charge is 0.304 e. The fourth-order valence-electron chi connectivity index (χ4n) is 2.78. The van der Waals surface area contributed by atoms with Gasteiger partial charge in [0, 0.05) is 25.7 Å². The third-order valence-electron chi connectivity index (χ3n) is 3.87. The number of aliphatic carboxylic acids is 1. The van der Waals surface area contributed by atoms with Crippen LogP contribution in [0.25, 0.3) is 0 Å². The SMILES string of the molecule is O=C(O)CCNCC1CCCCN1Cc1ccccc1. The average molecular weight is 276 g/mol. The number of carbonyl (C=O) groups is 1. The lowest BCUT2D eigenvalue weighted by molar-refractivity contribution is -0.136. The number of nitrogens with one attached hydrogen (secondary N) is 1. The van der Waals surface area contributed by atoms with Gasteiger partial charge in [0.05, 0.1) is 6.42 Å². The summed E-state index contributed by atoms with van der Waals surface area (Å²) < 4.78 is 0. The topological polar surface area (TPSA) is 52.6 Å². The van der Waals surface area contributed by atoms with Gasteiger partial charge in [0.25, 0.3) is 0 Å². The van der Waals surface area contributed by atoms with E-state index in [2.05, 4.69) is 34.5 Å². The van der Waals surface area contributed by atoms with Crippen molar-refractivity contribution in [1.82, 2.24) is 10.2 Å². The first-order valence-corrected chi connectivity index (χ1v) is 7.46. The van der Waals surface area contributed by atoms with E-state index in [9.17, 15) is 4.79 Å². The van der Waals surface area contributed by atoms with E-state index in [0.29, 0.717) is 12.6 Å². The van der Waals surface area contributed by atoms with Crippen LogP contribution < -0.4 is 5.32 Å². The van der Waals surface area contributed by atoms with Crippen LogP contribution in [0.2, 0.25) is 0 Å². The Labute approximate surface area is 120 Å². The molecule has 1 aromatic rings. The largest absolute Gasteiger partial charge is 0.481 e. The third-order valence-corrected chi connectivity index (χ3v) is 3.87. The van der Waals surface area contributed by atoms with Crippen LogP contribution in [0.4, 0.5) is 0 Å². The molecule has 1 aromatic carbocycles. The monoisotopic (exact) mass is 276 g/mol. The molecule has 1 unspecified atom stereocenters. The van der Waals surface area contributed by atoms with E-state index in [0.717, 1.165) is 19.6 Å². The van der Waals surface area contributed by atoms with Crippen LogP contribution in [0.1, 0.15) is 31.2 Å². The summed E-state index contributed by atoms with van der Waals surface area (Å²) in [5.74, 6) is -0.734. The fourth-order valence-corrected chi connectivity index (χ4v) is 2.78. The normalized spacial score (nSPS) is 19.9. The summed E-state index contributed by atoms with van der Waals surface area (Å²) in [6.45, 7) is 3.58. The van der Waals surface area contributed by atoms with Crippen molar-refractivity contribution in [3.8, 4) is 0 Å². The first kappa shape index (κ1) is 15.0. The van der Waals surface area contributed by atoms with Crippen molar-refractivity contribution in [2.45, 2.75) is 38.3 Å². The molecule has 1 aliphatic rings. The zero-order valence-electron chi connectivity index (χ0n) is 11.9. The number of hydrogen-bond acceptors (Lipinski definition) is 3. The third kappa shape index (κ3) is 4.94. The molecule has 2 rings (SSSR count). The second kappa shape index (κ2) is 8.02. The second-order valence-corrected chi connectivity index (χ2v) is 5.45. The van der Waals surface area contributed by atoms with Crippen LogP contribution in [-0.4, -0.2) is 41.7 Å². The van der Waals surface area contributed by atoms with Gasteiger partial charge in [0.2, 0.25) is 0 Å². The summed E-state index contributed by atoms with van der Waals surface area (Å²) in [5.41, 5.74) is 1.35. The van der Waals surface area contributed by atoms with Gasteiger partial charge >= 0.3 is 5.97 Å². The molecular weight excluding hydrogens is 252 g/mol. The fraction of sp³-hybridized carbons (Fsp3) is 0.562. The van der Waals surface area contributed by atoms with E-state index in [-0.39, 0.29) is 6.42 Å². The van der Waals surface area contributed by atoms with Crippen molar-refractivity contribution in [2.24, 2.45) is 0 Å². The number of carboxylic acid groups (broad SMARTS) is 1. The first-order valence-electron chi connectivity index (χ1n) is 7.46. The first-order chi connectivity index (χ1) is 9.75. The van der Waals surface area contributed by atoms with Crippen molar-refractivity contribution in [2.75, 3.05) is 19.6 Å². The summed E-state index contributed by atoms with van der Waals surface area (Å²) in [5, 5.41) is 11.9. The molecule has 0 radical (unpaired) electrons. The van der Waals surface area contributed by atoms with Gasteiger partial charge in [-0.3, -0.25) is 9.69 Å². The number of carboxylic acids is 1. The van der Waals surface area contributed by atoms with E-state index in [4.69, 9.17) is 5.11 Å². The quantitative estimate of drug-likeness (QED) is 0.749. The molecule has 0 bridgehead atoms. The van der Waals surface area contributed by atoms with Crippen molar-refractivity contribution in [1.29, 1.82) is 0 Å². The number of nitrogens with zero attached hydrogens (tertiary/aromatic N) is 1. The maximum absolute atomic E-state index is 10.5. The number of piperidine rings is 1. The van der Waals surface area contributed by atoms with Crippen molar-refractivity contribution < 1.29 is 9.90 Å². The molecule has 0 aromatic heterocycles. The Bertz CT molecular complexity index is 408. The van der Waals surface area contributed by atoms with Crippen molar-refractivity contribution in [3.63, 3.8) is 0 Å². The molecular formula is C16H24N2O2. The van der Waals surface area contributed by atoms with Crippen LogP contribution >= 0.6 is 0 Å². The summed E-state index contributed by atoms with van der Waals surface area (Å²) in [6.07, 6.45) is 3.94. The number of rotatable bonds is 7. The molecule has 2 N–H and O–H groups in total. The standard InChI is InChI=1S/C16H24N2O2/c19-16(20)9-10-17-12-15-8-4-5-11-18(15)13-14-6-2-1-3-7-14/h1-3,6-7,15,17H,4-5,8-13H2,(H,19,20). The Morgan fingerprint density at radius 1 is 1.30 bits per heavy atom. The Hall–Kier alpha value is -1.39. The van der Waals surface area contributed by atoms with Gasteiger partial charge in [-0.1, -0.05) is 36.8 Å². The van der Waals surface area contributed by atoms with Crippen LogP contribution in [0.5, 0.6) is 0 Å². The lowest BCUT2D eigenvalue weighted by Gasteiger charge is -2.36. The minimum Gasteiger partial charge on any atom is -0.481 e. The highest BCUT2D eigenvalue weighted by Gasteiger charge is 2.21. The molecule has 0 saturated carbocycles. The Balaban J connectivity index is 1.80. The predicted octanol–water partition coefficient (Wildman–Crippen LogP) is 2.11. The molecule has 110 valence electrons. The van der Waals surface area contributed by atoms with E-state index >= 15 is 0 Å². The lowest BCUT2D eigenvalue weighted by atomic mass is 10.0. The maximum atomic E-state index is 10.5. The summed E-state index contributed by atoms with van der Waals surface area (Å²) in [4.78, 5) is 13.0. The minimum atomic E-state index is -0.734. The number of hydrogen-bond donors (Lipinski definition) is 2. The lowest BCUT2D eigenvalue weighted by Crippen LogP contribution is -2.45.